The first-order chi connectivity index (χ1) is 10.8. The molecule has 2 heterocycles. The van der Waals surface area contributed by atoms with E-state index in [0.29, 0.717) is 15.9 Å². The Kier molecular flexibility index (Phi) is 3.72. The van der Waals surface area contributed by atoms with Crippen LogP contribution in [-0.2, 0) is 5.41 Å². The Morgan fingerprint density at radius 3 is 2.48 bits per heavy atom. The van der Waals surface area contributed by atoms with Crippen molar-refractivity contribution in [2.24, 2.45) is 0 Å². The number of nitrogens with zero attached hydrogens (tertiary/aromatic N) is 2. The number of rotatable bonds is 1. The maximum Gasteiger partial charge on any atom is 0.191 e. The fraction of sp³-hybridized carbons (Fsp3) is 0.278. The number of aryl methyl sites for hydroxylation is 1. The van der Waals surface area contributed by atoms with Gasteiger partial charge in [-0.25, -0.2) is 0 Å². The smallest absolute Gasteiger partial charge is 0.191 e. The summed E-state index contributed by atoms with van der Waals surface area (Å²) >= 11 is 6.48. The number of nitrogens with one attached hydrogen (secondary N) is 1. The molecule has 118 valence electrons. The van der Waals surface area contributed by atoms with Crippen molar-refractivity contribution in [3.63, 3.8) is 0 Å². The minimum atomic E-state index is -0.0842. The Bertz CT molecular complexity index is 955. The molecule has 0 atom stereocenters. The number of pyridine rings is 1. The van der Waals surface area contributed by atoms with Gasteiger partial charge in [-0.2, -0.15) is 10.2 Å². The second kappa shape index (κ2) is 5.46. The maximum atomic E-state index is 12.3. The summed E-state index contributed by atoms with van der Waals surface area (Å²) in [7, 11) is 0. The van der Waals surface area contributed by atoms with E-state index in [-0.39, 0.29) is 10.8 Å². The number of aromatic amines is 1. The molecular weight excluding hydrogens is 310 g/mol. The molecule has 0 amide bonds. The fourth-order valence-electron chi connectivity index (χ4n) is 2.70. The first kappa shape index (κ1) is 15.7. The van der Waals surface area contributed by atoms with Crippen LogP contribution in [0.25, 0.3) is 22.2 Å². The van der Waals surface area contributed by atoms with Gasteiger partial charge in [-0.05, 0) is 29.5 Å². The van der Waals surface area contributed by atoms with Crippen LogP contribution in [-0.4, -0.2) is 15.2 Å². The van der Waals surface area contributed by atoms with Crippen LogP contribution in [0, 0.1) is 6.92 Å². The molecule has 2 aromatic heterocycles. The van der Waals surface area contributed by atoms with Crippen LogP contribution in [0.3, 0.4) is 0 Å². The highest BCUT2D eigenvalue weighted by molar-refractivity contribution is 6.31. The van der Waals surface area contributed by atoms with Crippen LogP contribution >= 0.6 is 11.6 Å². The van der Waals surface area contributed by atoms with Gasteiger partial charge in [-0.1, -0.05) is 38.4 Å². The van der Waals surface area contributed by atoms with E-state index in [4.69, 9.17) is 11.6 Å². The lowest BCUT2D eigenvalue weighted by Gasteiger charge is -2.22. The average Bonchev–Trinajstić information content (AvgIpc) is 2.48. The lowest BCUT2D eigenvalue weighted by molar-refractivity contribution is 0.590. The van der Waals surface area contributed by atoms with Crippen molar-refractivity contribution < 1.29 is 0 Å². The molecule has 0 spiro atoms. The van der Waals surface area contributed by atoms with Crippen molar-refractivity contribution in [1.29, 1.82) is 0 Å². The summed E-state index contributed by atoms with van der Waals surface area (Å²) < 4.78 is 0. The number of fused-ring (bicyclic) bond motifs is 1. The van der Waals surface area contributed by atoms with Crippen molar-refractivity contribution >= 4 is 22.5 Å². The normalized spacial score (nSPS) is 11.9. The topological polar surface area (TPSA) is 58.6 Å². The van der Waals surface area contributed by atoms with Gasteiger partial charge >= 0.3 is 0 Å². The minimum Gasteiger partial charge on any atom is -0.353 e. The fourth-order valence-corrected chi connectivity index (χ4v) is 3.15. The highest BCUT2D eigenvalue weighted by Gasteiger charge is 2.19. The van der Waals surface area contributed by atoms with E-state index in [1.165, 1.54) is 6.20 Å². The lowest BCUT2D eigenvalue weighted by atomic mass is 9.85. The Hall–Kier alpha value is -2.20. The molecule has 3 aromatic rings. The standard InChI is InChI=1S/C18H18ClN3O/c1-10-5-13(18(2,3)4)14(19)6-11(10)15-7-17(23)12-8-20-21-9-16(12)22-15/h5-9H,1-4H3,(H,22,23). The monoisotopic (exact) mass is 327 g/mol. The van der Waals surface area contributed by atoms with Crippen LogP contribution in [0.5, 0.6) is 0 Å². The Morgan fingerprint density at radius 2 is 1.78 bits per heavy atom. The molecule has 0 radical (unpaired) electrons. The summed E-state index contributed by atoms with van der Waals surface area (Å²) in [6, 6.07) is 5.59. The molecule has 0 saturated carbocycles. The van der Waals surface area contributed by atoms with E-state index in [9.17, 15) is 4.79 Å². The highest BCUT2D eigenvalue weighted by atomic mass is 35.5. The summed E-state index contributed by atoms with van der Waals surface area (Å²) in [5.74, 6) is 0. The number of hydrogen-bond donors (Lipinski definition) is 1. The van der Waals surface area contributed by atoms with Gasteiger partial charge < -0.3 is 4.98 Å². The van der Waals surface area contributed by atoms with E-state index in [2.05, 4.69) is 42.0 Å². The molecular formula is C18H18ClN3O. The van der Waals surface area contributed by atoms with E-state index < -0.39 is 0 Å². The minimum absolute atomic E-state index is 0.0350. The molecule has 0 aliphatic heterocycles. The quantitative estimate of drug-likeness (QED) is 0.727. The number of hydrogen-bond acceptors (Lipinski definition) is 3. The molecule has 1 aromatic carbocycles. The van der Waals surface area contributed by atoms with Gasteiger partial charge in [0.15, 0.2) is 5.43 Å². The molecule has 4 nitrogen and oxygen atoms in total. The van der Waals surface area contributed by atoms with Gasteiger partial charge in [-0.3, -0.25) is 4.79 Å². The molecule has 0 aliphatic rings. The molecule has 0 unspecified atom stereocenters. The van der Waals surface area contributed by atoms with Crippen LogP contribution in [0.1, 0.15) is 31.9 Å². The largest absolute Gasteiger partial charge is 0.353 e. The molecule has 0 saturated heterocycles. The Balaban J connectivity index is 2.24. The van der Waals surface area contributed by atoms with Gasteiger partial charge in [0.25, 0.3) is 0 Å². The second-order valence-electron chi connectivity index (χ2n) is 6.76. The number of H-pyrrole nitrogens is 1. The van der Waals surface area contributed by atoms with Crippen LogP contribution in [0.2, 0.25) is 5.02 Å². The average molecular weight is 328 g/mol. The SMILES string of the molecule is Cc1cc(C(C)(C)C)c(Cl)cc1-c1cc(=O)c2cnncc2[nH]1. The predicted octanol–water partition coefficient (Wildman–Crippen LogP) is 4.24. The summed E-state index contributed by atoms with van der Waals surface area (Å²) in [6.45, 7) is 8.41. The maximum absolute atomic E-state index is 12.3. The third kappa shape index (κ3) is 2.86. The van der Waals surface area contributed by atoms with Gasteiger partial charge in [0.2, 0.25) is 0 Å². The zero-order chi connectivity index (χ0) is 16.8. The third-order valence-electron chi connectivity index (χ3n) is 3.95. The van der Waals surface area contributed by atoms with Crippen molar-refractivity contribution in [3.8, 4) is 11.3 Å². The van der Waals surface area contributed by atoms with E-state index >= 15 is 0 Å². The number of benzene rings is 1. The molecule has 0 bridgehead atoms. The number of halogens is 1. The third-order valence-corrected chi connectivity index (χ3v) is 4.27. The molecule has 23 heavy (non-hydrogen) atoms. The predicted molar refractivity (Wildman–Crippen MR) is 94.0 cm³/mol. The van der Waals surface area contributed by atoms with Crippen molar-refractivity contribution in [2.45, 2.75) is 33.1 Å². The molecule has 0 aliphatic carbocycles. The molecule has 0 fully saturated rings. The van der Waals surface area contributed by atoms with Crippen molar-refractivity contribution in [3.05, 3.63) is 57.0 Å². The zero-order valence-corrected chi connectivity index (χ0v) is 14.3. The van der Waals surface area contributed by atoms with E-state index in [1.54, 1.807) is 12.3 Å². The van der Waals surface area contributed by atoms with Crippen LogP contribution in [0.15, 0.2) is 35.4 Å². The molecule has 5 heteroatoms. The van der Waals surface area contributed by atoms with Crippen LogP contribution in [0.4, 0.5) is 0 Å². The van der Waals surface area contributed by atoms with E-state index in [1.807, 2.05) is 13.0 Å². The summed E-state index contributed by atoms with van der Waals surface area (Å²) in [4.78, 5) is 15.5. The molecule has 1 N–H and O–H groups in total. The van der Waals surface area contributed by atoms with Gasteiger partial charge in [-0.15, -0.1) is 0 Å². The van der Waals surface area contributed by atoms with Crippen molar-refractivity contribution in [2.75, 3.05) is 0 Å². The summed E-state index contributed by atoms with van der Waals surface area (Å²) in [5, 5.41) is 8.81. The summed E-state index contributed by atoms with van der Waals surface area (Å²) in [5.41, 5.74) is 4.35. The van der Waals surface area contributed by atoms with Crippen LogP contribution < -0.4 is 5.43 Å². The van der Waals surface area contributed by atoms with Crippen molar-refractivity contribution in [1.82, 2.24) is 15.2 Å². The first-order valence-corrected chi connectivity index (χ1v) is 7.80. The Morgan fingerprint density at radius 1 is 1.09 bits per heavy atom. The first-order valence-electron chi connectivity index (χ1n) is 7.42. The Labute approximate surface area is 139 Å². The highest BCUT2D eigenvalue weighted by Crippen LogP contribution is 2.34. The molecule has 3 rings (SSSR count). The van der Waals surface area contributed by atoms with E-state index in [0.717, 1.165) is 22.4 Å². The lowest BCUT2D eigenvalue weighted by Crippen LogP contribution is -2.12. The van der Waals surface area contributed by atoms with Gasteiger partial charge in [0, 0.05) is 16.7 Å². The van der Waals surface area contributed by atoms with Gasteiger partial charge in [0.1, 0.15) is 0 Å². The number of aromatic nitrogens is 3. The summed E-state index contributed by atoms with van der Waals surface area (Å²) in [6.07, 6.45) is 3.03. The second-order valence-corrected chi connectivity index (χ2v) is 7.17. The zero-order valence-electron chi connectivity index (χ0n) is 13.6. The van der Waals surface area contributed by atoms with Gasteiger partial charge in [0.05, 0.1) is 29.0 Å².